The summed E-state index contributed by atoms with van der Waals surface area (Å²) in [5.41, 5.74) is 4.92. The van der Waals surface area contributed by atoms with Crippen LogP contribution in [0.1, 0.15) is 5.76 Å². The van der Waals surface area contributed by atoms with Crippen LogP contribution in [0.4, 0.5) is 10.7 Å². The van der Waals surface area contributed by atoms with E-state index in [2.05, 4.69) is 0 Å². The third-order valence-corrected chi connectivity index (χ3v) is 3.16. The van der Waals surface area contributed by atoms with E-state index < -0.39 is 34.4 Å². The smallest absolute Gasteiger partial charge is 0.401 e. The van der Waals surface area contributed by atoms with Gasteiger partial charge in [0.2, 0.25) is 5.91 Å². The molecule has 0 aromatic carbocycles. The summed E-state index contributed by atoms with van der Waals surface area (Å²) in [5, 5.41) is 9.81. The first-order valence-electron chi connectivity index (χ1n) is 5.16. The predicted octanol–water partition coefficient (Wildman–Crippen LogP) is 0.709. The lowest BCUT2D eigenvalue weighted by Gasteiger charge is -2.08. The Morgan fingerprint density at radius 2 is 2.20 bits per heavy atom. The summed E-state index contributed by atoms with van der Waals surface area (Å²) in [5.74, 6) is -1.94. The van der Waals surface area contributed by atoms with Gasteiger partial charge in [0, 0.05) is 6.08 Å². The predicted molar refractivity (Wildman–Crippen MR) is 67.2 cm³/mol. The van der Waals surface area contributed by atoms with Crippen molar-refractivity contribution in [1.82, 2.24) is 4.90 Å². The first-order chi connectivity index (χ1) is 9.38. The van der Waals surface area contributed by atoms with E-state index in [1.165, 1.54) is 12.1 Å². The van der Waals surface area contributed by atoms with Crippen molar-refractivity contribution in [3.63, 3.8) is 0 Å². The summed E-state index contributed by atoms with van der Waals surface area (Å²) in [6.45, 7) is -0.514. The Bertz CT molecular complexity index is 649. The average Bonchev–Trinajstić information content (AvgIpc) is 2.91. The molecule has 0 bridgehead atoms. The van der Waals surface area contributed by atoms with E-state index >= 15 is 0 Å². The zero-order valence-electron chi connectivity index (χ0n) is 9.77. The maximum absolute atomic E-state index is 11.8. The summed E-state index contributed by atoms with van der Waals surface area (Å²) >= 11 is 0.597. The van der Waals surface area contributed by atoms with Crippen LogP contribution in [0.25, 0.3) is 6.08 Å². The van der Waals surface area contributed by atoms with E-state index in [0.717, 1.165) is 6.07 Å². The number of carbonyl (C=O) groups excluding carboxylic acids is 3. The first-order valence-corrected chi connectivity index (χ1v) is 5.98. The van der Waals surface area contributed by atoms with Crippen LogP contribution < -0.4 is 5.73 Å². The molecule has 0 aliphatic carbocycles. The van der Waals surface area contributed by atoms with Crippen LogP contribution in [0, 0.1) is 10.1 Å². The maximum Gasteiger partial charge on any atom is 0.433 e. The molecule has 9 nitrogen and oxygen atoms in total. The van der Waals surface area contributed by atoms with Crippen molar-refractivity contribution >= 4 is 40.8 Å². The van der Waals surface area contributed by atoms with Crippen LogP contribution in [0.2, 0.25) is 0 Å². The fraction of sp³-hybridized carbons (Fsp3) is 0.100. The molecule has 0 atom stereocenters. The van der Waals surface area contributed by atoms with Crippen molar-refractivity contribution in [3.05, 3.63) is 32.9 Å². The fourth-order valence-corrected chi connectivity index (χ4v) is 2.26. The minimum Gasteiger partial charge on any atom is -0.401 e. The van der Waals surface area contributed by atoms with Gasteiger partial charge < -0.3 is 10.2 Å². The number of hydrogen-bond acceptors (Lipinski definition) is 7. The van der Waals surface area contributed by atoms with Gasteiger partial charge in [0.15, 0.2) is 0 Å². The second kappa shape index (κ2) is 5.17. The van der Waals surface area contributed by atoms with Crippen molar-refractivity contribution < 1.29 is 23.7 Å². The Labute approximate surface area is 115 Å². The molecule has 1 aromatic heterocycles. The minimum atomic E-state index is -0.817. The van der Waals surface area contributed by atoms with Gasteiger partial charge in [0.25, 0.3) is 11.1 Å². The van der Waals surface area contributed by atoms with E-state index in [-0.39, 0.29) is 10.7 Å². The highest BCUT2D eigenvalue weighted by Gasteiger charge is 2.36. The van der Waals surface area contributed by atoms with Crippen LogP contribution >= 0.6 is 11.8 Å². The summed E-state index contributed by atoms with van der Waals surface area (Å²) in [6, 6.07) is 2.42. The van der Waals surface area contributed by atoms with Gasteiger partial charge in [-0.3, -0.25) is 29.4 Å². The topological polar surface area (TPSA) is 137 Å². The normalized spacial score (nSPS) is 17.0. The van der Waals surface area contributed by atoms with Gasteiger partial charge in [-0.05, 0) is 17.8 Å². The van der Waals surface area contributed by atoms with Gasteiger partial charge in [-0.25, -0.2) is 0 Å². The van der Waals surface area contributed by atoms with Crippen molar-refractivity contribution in [1.29, 1.82) is 0 Å². The number of hydrogen-bond donors (Lipinski definition) is 1. The molecule has 104 valence electrons. The molecule has 2 heterocycles. The number of furan rings is 1. The summed E-state index contributed by atoms with van der Waals surface area (Å²) in [6.07, 6.45) is 1.19. The molecule has 10 heteroatoms. The lowest BCUT2D eigenvalue weighted by molar-refractivity contribution is -0.402. The zero-order valence-corrected chi connectivity index (χ0v) is 10.6. The monoisotopic (exact) mass is 297 g/mol. The van der Waals surface area contributed by atoms with Crippen LogP contribution in [0.15, 0.2) is 21.5 Å². The number of thioether (sulfide) groups is 1. The van der Waals surface area contributed by atoms with Crippen molar-refractivity contribution in [2.45, 2.75) is 0 Å². The first kappa shape index (κ1) is 13.8. The van der Waals surface area contributed by atoms with E-state index in [4.69, 9.17) is 10.2 Å². The Morgan fingerprint density at radius 3 is 2.75 bits per heavy atom. The highest BCUT2D eigenvalue weighted by atomic mass is 32.2. The Kier molecular flexibility index (Phi) is 3.57. The summed E-state index contributed by atoms with van der Waals surface area (Å²) in [7, 11) is 0. The second-order valence-electron chi connectivity index (χ2n) is 3.67. The molecule has 0 saturated carbocycles. The van der Waals surface area contributed by atoms with Crippen LogP contribution in [0.3, 0.4) is 0 Å². The molecule has 1 aliphatic heterocycles. The van der Waals surface area contributed by atoms with Gasteiger partial charge in [0.1, 0.15) is 17.2 Å². The Morgan fingerprint density at radius 1 is 1.50 bits per heavy atom. The number of primary amides is 1. The molecule has 2 rings (SSSR count). The standard InChI is InChI=1S/C10H7N3O6S/c11-7(14)4-12-9(15)6(20-10(12)16)3-5-1-2-8(19-5)13(17)18/h1-3H,4H2,(H2,11,14)/b6-3-. The number of nitrogens with two attached hydrogens (primary N) is 1. The van der Waals surface area contributed by atoms with Gasteiger partial charge >= 0.3 is 5.88 Å². The van der Waals surface area contributed by atoms with E-state index in [9.17, 15) is 24.5 Å². The van der Waals surface area contributed by atoms with E-state index in [0.29, 0.717) is 16.7 Å². The molecule has 1 aromatic rings. The third kappa shape index (κ3) is 2.69. The lowest BCUT2D eigenvalue weighted by Crippen LogP contribution is -2.36. The van der Waals surface area contributed by atoms with Crippen molar-refractivity contribution in [2.24, 2.45) is 5.73 Å². The van der Waals surface area contributed by atoms with Gasteiger partial charge in [-0.2, -0.15) is 0 Å². The SMILES string of the molecule is NC(=O)CN1C(=O)S/C(=C\c2ccc([N+](=O)[O-])o2)C1=O. The fourth-order valence-electron chi connectivity index (χ4n) is 1.44. The number of amides is 3. The molecular formula is C10H7N3O6S. The molecule has 0 radical (unpaired) electrons. The average molecular weight is 297 g/mol. The van der Waals surface area contributed by atoms with E-state index in [1.807, 2.05) is 0 Å². The molecule has 1 fully saturated rings. The summed E-state index contributed by atoms with van der Waals surface area (Å²) < 4.78 is 4.84. The van der Waals surface area contributed by atoms with Crippen LogP contribution in [-0.2, 0) is 9.59 Å². The molecular weight excluding hydrogens is 290 g/mol. The molecule has 0 unspecified atom stereocenters. The molecule has 0 spiro atoms. The lowest BCUT2D eigenvalue weighted by atomic mass is 10.3. The number of nitrogens with zero attached hydrogens (tertiary/aromatic N) is 2. The highest BCUT2D eigenvalue weighted by molar-refractivity contribution is 8.18. The van der Waals surface area contributed by atoms with Crippen molar-refractivity contribution in [3.8, 4) is 0 Å². The van der Waals surface area contributed by atoms with Crippen molar-refractivity contribution in [2.75, 3.05) is 6.54 Å². The molecule has 20 heavy (non-hydrogen) atoms. The number of rotatable bonds is 4. The van der Waals surface area contributed by atoms with Crippen LogP contribution in [0.5, 0.6) is 0 Å². The van der Waals surface area contributed by atoms with Gasteiger partial charge in [-0.15, -0.1) is 0 Å². The second-order valence-corrected chi connectivity index (χ2v) is 4.66. The number of carbonyl (C=O) groups is 3. The number of imide groups is 1. The molecule has 2 N–H and O–H groups in total. The minimum absolute atomic E-state index is 0.000461. The zero-order chi connectivity index (χ0) is 14.9. The molecule has 3 amide bonds. The van der Waals surface area contributed by atoms with Gasteiger partial charge in [-0.1, -0.05) is 0 Å². The maximum atomic E-state index is 11.8. The van der Waals surface area contributed by atoms with E-state index in [1.54, 1.807) is 0 Å². The Hall–Kier alpha value is -2.62. The Balaban J connectivity index is 2.22. The molecule has 1 saturated heterocycles. The third-order valence-electron chi connectivity index (χ3n) is 2.25. The molecule has 1 aliphatic rings. The summed E-state index contributed by atoms with van der Waals surface area (Å²) in [4.78, 5) is 44.5. The van der Waals surface area contributed by atoms with Gasteiger partial charge in [0.05, 0.1) is 11.0 Å². The number of nitro groups is 1. The highest BCUT2D eigenvalue weighted by Crippen LogP contribution is 2.32. The quantitative estimate of drug-likeness (QED) is 0.490. The van der Waals surface area contributed by atoms with Crippen LogP contribution in [-0.4, -0.2) is 33.4 Å². The largest absolute Gasteiger partial charge is 0.433 e.